The van der Waals surface area contributed by atoms with Gasteiger partial charge in [-0.15, -0.1) is 29.3 Å². The normalized spacial score (nSPS) is 12.8. The van der Waals surface area contributed by atoms with Gasteiger partial charge in [0.2, 0.25) is 0 Å². The van der Waals surface area contributed by atoms with Crippen LogP contribution in [-0.4, -0.2) is 19.6 Å². The Bertz CT molecular complexity index is 3090. The van der Waals surface area contributed by atoms with E-state index in [9.17, 15) is 5.11 Å². The van der Waals surface area contributed by atoms with Gasteiger partial charge >= 0.3 is 0 Å². The van der Waals surface area contributed by atoms with Crippen LogP contribution in [0.15, 0.2) is 134 Å². The molecule has 8 rings (SSSR count). The van der Waals surface area contributed by atoms with Crippen molar-refractivity contribution < 1.29 is 27.5 Å². The van der Waals surface area contributed by atoms with Gasteiger partial charge in [-0.2, -0.15) is 0 Å². The molecule has 0 atom stereocenters. The first-order valence-electron chi connectivity index (χ1n) is 23.5. The Morgan fingerprint density at radius 2 is 1.15 bits per heavy atom. The first-order valence-corrected chi connectivity index (χ1v) is 23.0. The van der Waals surface area contributed by atoms with Crippen LogP contribution < -0.4 is 0 Å². The molecule has 0 saturated carbocycles. The molecule has 0 fully saturated rings. The zero-order chi connectivity index (χ0) is 47.7. The second-order valence-corrected chi connectivity index (χ2v) is 22.2. The third-order valence-corrected chi connectivity index (χ3v) is 12.7. The molecule has 8 aromatic rings. The van der Waals surface area contributed by atoms with Crippen molar-refractivity contribution in [2.75, 3.05) is 0 Å². The standard InChI is InChI=1S/C61H66N3O.Pt/c1-38(2)39-23-25-41(26-24-39)43-29-30-62-52(35-43)45-31-44(32-46(33-45)58(3,4)5)48-21-18-22-54-55(48)63-57(49-36-47(59(6,7)8)37-51(56(49)65)61(12,13)14)64(54)53-28-27-42(34-50(53)60(9,10)11)40-19-16-15-17-20-40;/h15-30,32-38,65H,1-14H3;/q-1;/i38D;. The molecule has 0 unspecified atom stereocenters. The van der Waals surface area contributed by atoms with Gasteiger partial charge < -0.3 is 5.11 Å². The molecule has 0 aliphatic rings. The van der Waals surface area contributed by atoms with Crippen molar-refractivity contribution in [3.63, 3.8) is 0 Å². The maximum absolute atomic E-state index is 12.5. The predicted molar refractivity (Wildman–Crippen MR) is 275 cm³/mol. The predicted octanol–water partition coefficient (Wildman–Crippen LogP) is 16.6. The molecule has 2 aromatic heterocycles. The molecule has 0 bridgehead atoms. The monoisotopic (exact) mass is 1050 g/mol. The molecule has 5 heteroatoms. The second-order valence-electron chi connectivity index (χ2n) is 22.2. The van der Waals surface area contributed by atoms with Gasteiger partial charge in [0.25, 0.3) is 0 Å². The van der Waals surface area contributed by atoms with Crippen LogP contribution in [0, 0.1) is 6.07 Å². The van der Waals surface area contributed by atoms with Crippen molar-refractivity contribution in [2.24, 2.45) is 0 Å². The van der Waals surface area contributed by atoms with Gasteiger partial charge in [-0.25, -0.2) is 4.98 Å². The Hall–Kier alpha value is -5.57. The number of benzene rings is 6. The summed E-state index contributed by atoms with van der Waals surface area (Å²) in [5, 5.41) is 12.5. The minimum absolute atomic E-state index is 0. The molecule has 0 amide bonds. The molecule has 2 heterocycles. The van der Waals surface area contributed by atoms with E-state index in [1.54, 1.807) is 0 Å². The number of para-hydroxylation sites is 1. The van der Waals surface area contributed by atoms with Crippen LogP contribution in [0.2, 0.25) is 0 Å². The van der Waals surface area contributed by atoms with Crippen molar-refractivity contribution in [2.45, 2.75) is 124 Å². The van der Waals surface area contributed by atoms with Gasteiger partial charge in [0.05, 0.1) is 22.3 Å². The van der Waals surface area contributed by atoms with E-state index in [1.807, 2.05) is 38.2 Å². The molecule has 4 nitrogen and oxygen atoms in total. The number of rotatable bonds is 7. The number of nitrogens with zero attached hydrogens (tertiary/aromatic N) is 3. The first kappa shape index (κ1) is 46.9. The molecule has 0 saturated heterocycles. The summed E-state index contributed by atoms with van der Waals surface area (Å²) < 4.78 is 10.8. The summed E-state index contributed by atoms with van der Waals surface area (Å²) >= 11 is 0. The van der Waals surface area contributed by atoms with E-state index in [0.717, 1.165) is 83.6 Å². The van der Waals surface area contributed by atoms with Crippen LogP contribution in [0.5, 0.6) is 5.75 Å². The Kier molecular flexibility index (Phi) is 12.7. The van der Waals surface area contributed by atoms with E-state index in [4.69, 9.17) is 11.3 Å². The van der Waals surface area contributed by atoms with Crippen LogP contribution in [0.25, 0.3) is 72.7 Å². The number of pyridine rings is 1. The molecule has 342 valence electrons. The summed E-state index contributed by atoms with van der Waals surface area (Å²) in [5.41, 5.74) is 15.9. The maximum Gasteiger partial charge on any atom is 0.148 e. The fraction of sp³-hybridized carbons (Fsp3) is 0.311. The SMILES string of the molecule is [2H]C(C)(C)c1ccc(-c2ccnc(-c3[c-]c(-c4cccc5c4nc(-c4cc(C(C)(C)C)cc(C(C)(C)C)c4O)n5-c4ccc(-c5ccccc5)cc4C(C)(C)C)cc(C(C)(C)C)c3)c2)cc1.[Pt]. The van der Waals surface area contributed by atoms with Crippen LogP contribution >= 0.6 is 0 Å². The molecule has 0 spiro atoms. The molecular formula is C61H66N3OPt-. The number of fused-ring (bicyclic) bond motifs is 1. The summed E-state index contributed by atoms with van der Waals surface area (Å²) in [6.07, 6.45) is 1.87. The fourth-order valence-electron chi connectivity index (χ4n) is 8.73. The molecule has 6 aromatic carbocycles. The summed E-state index contributed by atoms with van der Waals surface area (Å²) in [4.78, 5) is 10.6. The Morgan fingerprint density at radius 3 is 1.77 bits per heavy atom. The third kappa shape index (κ3) is 9.63. The second kappa shape index (κ2) is 17.9. The van der Waals surface area contributed by atoms with Crippen LogP contribution in [0.1, 0.15) is 132 Å². The van der Waals surface area contributed by atoms with Crippen molar-refractivity contribution in [1.82, 2.24) is 14.5 Å². The molecule has 0 radical (unpaired) electrons. The van der Waals surface area contributed by atoms with Crippen LogP contribution in [0.4, 0.5) is 0 Å². The van der Waals surface area contributed by atoms with Gasteiger partial charge in [0.15, 0.2) is 0 Å². The topological polar surface area (TPSA) is 50.9 Å². The molecule has 66 heavy (non-hydrogen) atoms. The summed E-state index contributed by atoms with van der Waals surface area (Å²) in [5.74, 6) is 0.263. The average Bonchev–Trinajstić information content (AvgIpc) is 3.64. The number of phenols is 1. The molecule has 0 aliphatic heterocycles. The minimum Gasteiger partial charge on any atom is -0.507 e. The number of phenolic OH excluding ortho intramolecular Hbond substituents is 1. The van der Waals surface area contributed by atoms with E-state index >= 15 is 0 Å². The Labute approximate surface area is 410 Å². The smallest absolute Gasteiger partial charge is 0.148 e. The number of imidazole rings is 1. The first-order chi connectivity index (χ1) is 30.8. The Morgan fingerprint density at radius 1 is 0.561 bits per heavy atom. The van der Waals surface area contributed by atoms with Gasteiger partial charge in [-0.05, 0) is 96.8 Å². The van der Waals surface area contributed by atoms with E-state index in [0.29, 0.717) is 11.4 Å². The third-order valence-electron chi connectivity index (χ3n) is 12.7. The van der Waals surface area contributed by atoms with Gasteiger partial charge in [-0.1, -0.05) is 193 Å². The van der Waals surface area contributed by atoms with E-state index in [-0.39, 0.29) is 48.5 Å². The quantitative estimate of drug-likeness (QED) is 0.162. The number of aromatic nitrogens is 3. The Balaban J connectivity index is 0.00000666. The summed E-state index contributed by atoms with van der Waals surface area (Å²) in [6, 6.07) is 48.9. The van der Waals surface area contributed by atoms with Gasteiger partial charge in [0.1, 0.15) is 11.6 Å². The van der Waals surface area contributed by atoms with E-state index < -0.39 is 5.89 Å². The number of hydrogen-bond donors (Lipinski definition) is 1. The number of aromatic hydroxyl groups is 1. The van der Waals surface area contributed by atoms with Crippen molar-refractivity contribution in [3.05, 3.63) is 167 Å². The summed E-state index contributed by atoms with van der Waals surface area (Å²) in [7, 11) is 0. The molecule has 1 N–H and O–H groups in total. The van der Waals surface area contributed by atoms with Crippen LogP contribution in [0.3, 0.4) is 0 Å². The van der Waals surface area contributed by atoms with Crippen molar-refractivity contribution in [3.8, 4) is 67.5 Å². The van der Waals surface area contributed by atoms with E-state index in [2.05, 4.69) is 203 Å². The van der Waals surface area contributed by atoms with E-state index in [1.165, 1.54) is 5.56 Å². The zero-order valence-electron chi connectivity index (χ0n) is 42.3. The molecule has 0 aliphatic carbocycles. The molecular weight excluding hydrogens is 986 g/mol. The van der Waals surface area contributed by atoms with Gasteiger partial charge in [-0.3, -0.25) is 9.55 Å². The minimum atomic E-state index is -0.672. The maximum atomic E-state index is 12.5. The van der Waals surface area contributed by atoms with Gasteiger partial charge in [0, 0.05) is 39.9 Å². The van der Waals surface area contributed by atoms with Crippen molar-refractivity contribution in [1.29, 1.82) is 0 Å². The fourth-order valence-corrected chi connectivity index (χ4v) is 8.73. The number of hydrogen-bond acceptors (Lipinski definition) is 3. The average molecular weight is 1050 g/mol. The summed E-state index contributed by atoms with van der Waals surface area (Å²) in [6.45, 7) is 30.5. The zero-order valence-corrected chi connectivity index (χ0v) is 43.6. The van der Waals surface area contributed by atoms with Crippen LogP contribution in [-0.2, 0) is 42.7 Å². The van der Waals surface area contributed by atoms with Crippen molar-refractivity contribution >= 4 is 11.0 Å². The largest absolute Gasteiger partial charge is 0.507 e.